The summed E-state index contributed by atoms with van der Waals surface area (Å²) in [6.45, 7) is 0. The van der Waals surface area contributed by atoms with E-state index in [9.17, 15) is 9.18 Å². The molecule has 0 spiro atoms. The molecule has 0 fully saturated rings. The first-order valence-corrected chi connectivity index (χ1v) is 9.70. The molecule has 152 valence electrons. The molecule has 4 rings (SSSR count). The molecule has 7 heteroatoms. The van der Waals surface area contributed by atoms with Crippen LogP contribution in [0.15, 0.2) is 73.2 Å². The fourth-order valence-electron chi connectivity index (χ4n) is 2.89. The van der Waals surface area contributed by atoms with Crippen molar-refractivity contribution in [3.05, 3.63) is 101 Å². The van der Waals surface area contributed by atoms with Crippen molar-refractivity contribution >= 4 is 23.3 Å². The number of amides is 1. The molecule has 0 aliphatic heterocycles. The van der Waals surface area contributed by atoms with Gasteiger partial charge in [-0.05, 0) is 35.9 Å². The third-order valence-electron chi connectivity index (χ3n) is 4.45. The first kappa shape index (κ1) is 20.3. The summed E-state index contributed by atoms with van der Waals surface area (Å²) in [6.07, 6.45) is 4.91. The molecular weight excluding hydrogens is 415 g/mol. The van der Waals surface area contributed by atoms with E-state index in [0.29, 0.717) is 5.56 Å². The van der Waals surface area contributed by atoms with E-state index >= 15 is 0 Å². The summed E-state index contributed by atoms with van der Waals surface area (Å²) in [5, 5.41) is 6.84. The van der Waals surface area contributed by atoms with E-state index in [1.807, 2.05) is 36.5 Å². The van der Waals surface area contributed by atoms with Crippen molar-refractivity contribution in [1.82, 2.24) is 14.8 Å². The minimum absolute atomic E-state index is 0.196. The normalized spacial score (nSPS) is 10.3. The van der Waals surface area contributed by atoms with Crippen LogP contribution >= 0.6 is 11.6 Å². The van der Waals surface area contributed by atoms with Crippen molar-refractivity contribution in [2.75, 3.05) is 5.32 Å². The van der Waals surface area contributed by atoms with Crippen LogP contribution in [-0.2, 0) is 7.05 Å². The van der Waals surface area contributed by atoms with Crippen LogP contribution in [0.5, 0.6) is 0 Å². The van der Waals surface area contributed by atoms with Crippen LogP contribution < -0.4 is 5.32 Å². The maximum atomic E-state index is 14.5. The molecule has 2 aromatic heterocycles. The van der Waals surface area contributed by atoms with Gasteiger partial charge in [0.25, 0.3) is 5.91 Å². The lowest BCUT2D eigenvalue weighted by molar-refractivity contribution is 0.102. The number of carbonyl (C=O) groups excluding carboxylic acids is 1. The van der Waals surface area contributed by atoms with Crippen molar-refractivity contribution in [2.45, 2.75) is 0 Å². The summed E-state index contributed by atoms with van der Waals surface area (Å²) in [5.74, 6) is 4.35. The Balaban J connectivity index is 1.54. The highest BCUT2D eigenvalue weighted by Crippen LogP contribution is 2.26. The maximum absolute atomic E-state index is 14.5. The Morgan fingerprint density at radius 3 is 2.52 bits per heavy atom. The molecule has 0 aliphatic rings. The van der Waals surface area contributed by atoms with Crippen molar-refractivity contribution in [2.24, 2.45) is 7.05 Å². The minimum atomic E-state index is -0.687. The quantitative estimate of drug-likeness (QED) is 0.469. The number of pyridine rings is 1. The SMILES string of the molecule is Cn1cc(-c2ccc(Cl)c(C(=O)Nc3ncc(C#Cc4ccccc4)cc3F)c2)cn1. The fourth-order valence-corrected chi connectivity index (χ4v) is 3.09. The van der Waals surface area contributed by atoms with Crippen LogP contribution in [0.2, 0.25) is 5.02 Å². The largest absolute Gasteiger partial charge is 0.304 e. The molecule has 31 heavy (non-hydrogen) atoms. The molecule has 1 amide bonds. The van der Waals surface area contributed by atoms with Gasteiger partial charge >= 0.3 is 0 Å². The summed E-state index contributed by atoms with van der Waals surface area (Å²) in [7, 11) is 1.80. The molecule has 1 N–H and O–H groups in total. The van der Waals surface area contributed by atoms with Gasteiger partial charge in [-0.3, -0.25) is 9.48 Å². The van der Waals surface area contributed by atoms with Gasteiger partial charge in [0.05, 0.1) is 16.8 Å². The van der Waals surface area contributed by atoms with Gasteiger partial charge in [0, 0.05) is 36.1 Å². The topological polar surface area (TPSA) is 59.8 Å². The van der Waals surface area contributed by atoms with Crippen molar-refractivity contribution in [3.8, 4) is 23.0 Å². The third kappa shape index (κ3) is 4.80. The highest BCUT2D eigenvalue weighted by molar-refractivity contribution is 6.34. The zero-order chi connectivity index (χ0) is 21.8. The molecule has 2 aromatic carbocycles. The van der Waals surface area contributed by atoms with Gasteiger partial charge in [0.15, 0.2) is 11.6 Å². The van der Waals surface area contributed by atoms with E-state index in [0.717, 1.165) is 16.7 Å². The van der Waals surface area contributed by atoms with Crippen LogP contribution in [0.25, 0.3) is 11.1 Å². The lowest BCUT2D eigenvalue weighted by atomic mass is 10.1. The van der Waals surface area contributed by atoms with E-state index in [-0.39, 0.29) is 16.4 Å². The second-order valence-corrected chi connectivity index (χ2v) is 7.13. The van der Waals surface area contributed by atoms with Crippen LogP contribution in [0.4, 0.5) is 10.2 Å². The minimum Gasteiger partial charge on any atom is -0.304 e. The van der Waals surface area contributed by atoms with Gasteiger partial charge in [-0.1, -0.05) is 47.7 Å². The number of nitrogens with one attached hydrogen (secondary N) is 1. The predicted molar refractivity (Wildman–Crippen MR) is 118 cm³/mol. The summed E-state index contributed by atoms with van der Waals surface area (Å²) in [4.78, 5) is 16.7. The number of aryl methyl sites for hydroxylation is 1. The predicted octanol–water partition coefficient (Wildman–Crippen LogP) is 4.93. The van der Waals surface area contributed by atoms with E-state index in [1.54, 1.807) is 36.1 Å². The number of rotatable bonds is 3. The Kier molecular flexibility index (Phi) is 5.78. The van der Waals surface area contributed by atoms with E-state index in [2.05, 4.69) is 27.2 Å². The highest BCUT2D eigenvalue weighted by atomic mass is 35.5. The van der Waals surface area contributed by atoms with Crippen LogP contribution in [-0.4, -0.2) is 20.7 Å². The van der Waals surface area contributed by atoms with E-state index in [4.69, 9.17) is 11.6 Å². The number of nitrogens with zero attached hydrogens (tertiary/aromatic N) is 3. The van der Waals surface area contributed by atoms with Crippen LogP contribution in [0.1, 0.15) is 21.5 Å². The van der Waals surface area contributed by atoms with Gasteiger partial charge in [-0.15, -0.1) is 0 Å². The zero-order valence-corrected chi connectivity index (χ0v) is 17.2. The molecule has 0 unspecified atom stereocenters. The lowest BCUT2D eigenvalue weighted by Gasteiger charge is -2.09. The van der Waals surface area contributed by atoms with Crippen molar-refractivity contribution < 1.29 is 9.18 Å². The molecule has 0 saturated carbocycles. The summed E-state index contributed by atoms with van der Waals surface area (Å²) in [5.41, 5.74) is 3.01. The van der Waals surface area contributed by atoms with E-state index in [1.165, 1.54) is 12.3 Å². The van der Waals surface area contributed by atoms with Crippen LogP contribution in [0, 0.1) is 17.7 Å². The van der Waals surface area contributed by atoms with Crippen LogP contribution in [0.3, 0.4) is 0 Å². The average molecular weight is 431 g/mol. The maximum Gasteiger partial charge on any atom is 0.258 e. The van der Waals surface area contributed by atoms with Gasteiger partial charge in [0.1, 0.15) is 0 Å². The van der Waals surface area contributed by atoms with Crippen molar-refractivity contribution in [3.63, 3.8) is 0 Å². The Morgan fingerprint density at radius 1 is 1.03 bits per heavy atom. The molecule has 0 atom stereocenters. The summed E-state index contributed by atoms with van der Waals surface area (Å²) >= 11 is 6.20. The number of benzene rings is 2. The molecule has 0 saturated heterocycles. The number of anilines is 1. The van der Waals surface area contributed by atoms with E-state index < -0.39 is 11.7 Å². The number of halogens is 2. The molecule has 0 bridgehead atoms. The second-order valence-electron chi connectivity index (χ2n) is 6.72. The number of carbonyl (C=O) groups is 1. The molecule has 2 heterocycles. The fraction of sp³-hybridized carbons (Fsp3) is 0.0417. The number of aromatic nitrogens is 3. The average Bonchev–Trinajstić information content (AvgIpc) is 3.21. The van der Waals surface area contributed by atoms with Gasteiger partial charge in [-0.2, -0.15) is 5.10 Å². The Labute approximate surface area is 183 Å². The smallest absolute Gasteiger partial charge is 0.258 e. The Morgan fingerprint density at radius 2 is 1.81 bits per heavy atom. The molecule has 5 nitrogen and oxygen atoms in total. The molecule has 0 aliphatic carbocycles. The zero-order valence-electron chi connectivity index (χ0n) is 16.4. The molecular formula is C24H16ClFN4O. The monoisotopic (exact) mass is 430 g/mol. The first-order valence-electron chi connectivity index (χ1n) is 9.32. The Hall–Kier alpha value is -3.95. The Bertz CT molecular complexity index is 1320. The first-order chi connectivity index (χ1) is 15.0. The third-order valence-corrected chi connectivity index (χ3v) is 4.78. The van der Waals surface area contributed by atoms with Gasteiger partial charge < -0.3 is 5.32 Å². The van der Waals surface area contributed by atoms with Gasteiger partial charge in [0.2, 0.25) is 0 Å². The number of hydrogen-bond donors (Lipinski definition) is 1. The molecule has 4 aromatic rings. The molecule has 0 radical (unpaired) electrons. The van der Waals surface area contributed by atoms with Crippen molar-refractivity contribution in [1.29, 1.82) is 0 Å². The standard InChI is InChI=1S/C24H16ClFN4O/c1-30-15-19(14-28-30)18-9-10-21(25)20(12-18)24(31)29-23-22(26)11-17(13-27-23)8-7-16-5-3-2-4-6-16/h2-6,9-15H,1H3,(H,27,29,31). The highest BCUT2D eigenvalue weighted by Gasteiger charge is 2.15. The number of hydrogen-bond acceptors (Lipinski definition) is 3. The summed E-state index contributed by atoms with van der Waals surface area (Å²) in [6, 6.07) is 15.6. The summed E-state index contributed by atoms with van der Waals surface area (Å²) < 4.78 is 16.2. The lowest BCUT2D eigenvalue weighted by Crippen LogP contribution is -2.15. The van der Waals surface area contributed by atoms with Gasteiger partial charge in [-0.25, -0.2) is 9.37 Å². The second kappa shape index (κ2) is 8.82.